The summed E-state index contributed by atoms with van der Waals surface area (Å²) in [6.45, 7) is 23.7. The van der Waals surface area contributed by atoms with Crippen molar-refractivity contribution in [2.24, 2.45) is 14.1 Å². The topological polar surface area (TPSA) is 24.8 Å². The lowest BCUT2D eigenvalue weighted by Gasteiger charge is -2.44. The first-order valence-electron chi connectivity index (χ1n) is 21.1. The first-order valence-corrected chi connectivity index (χ1v) is 21.1. The quantitative estimate of drug-likeness (QED) is 0.134. The first-order chi connectivity index (χ1) is 28.1. The van der Waals surface area contributed by atoms with Crippen molar-refractivity contribution < 1.29 is 18.1 Å². The molecule has 0 spiro atoms. The second-order valence-electron chi connectivity index (χ2n) is 18.3. The molecule has 0 radical (unpaired) electrons. The van der Waals surface area contributed by atoms with Gasteiger partial charge in [-0.2, -0.15) is 4.57 Å². The molecule has 0 N–H and O–H groups in total. The number of hydrogen-bond acceptors (Lipinski definition) is 1. The molecule has 59 heavy (non-hydrogen) atoms. The normalized spacial score (nSPS) is 14.4. The highest BCUT2D eigenvalue weighted by Gasteiger charge is 2.54. The molecular formula is C55H60N3O+3. The van der Waals surface area contributed by atoms with Crippen molar-refractivity contribution in [3.8, 4) is 5.69 Å². The van der Waals surface area contributed by atoms with Crippen LogP contribution in [0.25, 0.3) is 27.6 Å². The van der Waals surface area contributed by atoms with Crippen LogP contribution in [0, 0.1) is 27.7 Å². The van der Waals surface area contributed by atoms with E-state index in [1.165, 1.54) is 56.0 Å². The van der Waals surface area contributed by atoms with Crippen molar-refractivity contribution in [1.29, 1.82) is 0 Å². The van der Waals surface area contributed by atoms with Gasteiger partial charge in [-0.3, -0.25) is 0 Å². The van der Waals surface area contributed by atoms with Crippen molar-refractivity contribution in [3.63, 3.8) is 0 Å². The van der Waals surface area contributed by atoms with E-state index in [4.69, 9.17) is 4.42 Å². The van der Waals surface area contributed by atoms with Gasteiger partial charge in [-0.05, 0) is 80.6 Å². The number of benzene rings is 4. The van der Waals surface area contributed by atoms with Gasteiger partial charge in [0.15, 0.2) is 35.7 Å². The molecule has 4 aromatic heterocycles. The fourth-order valence-corrected chi connectivity index (χ4v) is 10.8. The number of fused-ring (bicyclic) bond motifs is 3. The predicted molar refractivity (Wildman–Crippen MR) is 241 cm³/mol. The average molecular weight is 779 g/mol. The Balaban J connectivity index is 1.44. The van der Waals surface area contributed by atoms with Crippen molar-refractivity contribution in [2.45, 2.75) is 90.9 Å². The molecule has 0 aliphatic rings. The number of furan rings is 1. The summed E-state index contributed by atoms with van der Waals surface area (Å²) in [4.78, 5) is 0. The van der Waals surface area contributed by atoms with E-state index in [9.17, 15) is 0 Å². The second-order valence-corrected chi connectivity index (χ2v) is 18.3. The Morgan fingerprint density at radius 1 is 0.458 bits per heavy atom. The van der Waals surface area contributed by atoms with Crippen molar-refractivity contribution >= 4 is 21.9 Å². The van der Waals surface area contributed by atoms with Crippen LogP contribution in [0.5, 0.6) is 0 Å². The fourth-order valence-electron chi connectivity index (χ4n) is 10.8. The SMILES string of the molecule is Cc1ccccc1C(C)(c1cccc[n+]1C)C(C)(C)c1cc2c(oc3ccccc32)c(-[n+]2cccc(C(C)(C)C(C)(c3ccccc3C)c3cccc[n+]3C)c2C)c1C. The van der Waals surface area contributed by atoms with Gasteiger partial charge in [0, 0.05) is 70.0 Å². The Morgan fingerprint density at radius 2 is 0.932 bits per heavy atom. The molecule has 4 aromatic carbocycles. The van der Waals surface area contributed by atoms with Crippen LogP contribution < -0.4 is 13.7 Å². The Morgan fingerprint density at radius 3 is 1.47 bits per heavy atom. The molecule has 0 saturated heterocycles. The number of para-hydroxylation sites is 1. The van der Waals surface area contributed by atoms with Crippen LogP contribution in [0.2, 0.25) is 0 Å². The van der Waals surface area contributed by atoms with Gasteiger partial charge in [0.1, 0.15) is 19.7 Å². The van der Waals surface area contributed by atoms with Gasteiger partial charge in [0.25, 0.3) is 5.69 Å². The van der Waals surface area contributed by atoms with Gasteiger partial charge in [0.2, 0.25) is 5.58 Å². The van der Waals surface area contributed by atoms with Crippen LogP contribution in [0.1, 0.15) is 97.6 Å². The average Bonchev–Trinajstić information content (AvgIpc) is 3.59. The number of aryl methyl sites for hydroxylation is 4. The highest BCUT2D eigenvalue weighted by molar-refractivity contribution is 6.07. The summed E-state index contributed by atoms with van der Waals surface area (Å²) in [6.07, 6.45) is 6.60. The maximum Gasteiger partial charge on any atom is 0.257 e. The van der Waals surface area contributed by atoms with E-state index >= 15 is 0 Å². The lowest BCUT2D eigenvalue weighted by Crippen LogP contribution is -2.53. The molecule has 4 heterocycles. The monoisotopic (exact) mass is 778 g/mol. The zero-order valence-electron chi connectivity index (χ0n) is 37.1. The summed E-state index contributed by atoms with van der Waals surface area (Å²) in [6, 6.07) is 46.6. The van der Waals surface area contributed by atoms with E-state index in [1.807, 2.05) is 0 Å². The van der Waals surface area contributed by atoms with E-state index in [-0.39, 0.29) is 5.41 Å². The molecule has 298 valence electrons. The largest absolute Gasteiger partial charge is 0.449 e. The van der Waals surface area contributed by atoms with Crippen LogP contribution in [-0.2, 0) is 35.8 Å². The second kappa shape index (κ2) is 14.4. The van der Waals surface area contributed by atoms with Crippen LogP contribution in [0.3, 0.4) is 0 Å². The maximum atomic E-state index is 6.97. The molecule has 8 aromatic rings. The summed E-state index contributed by atoms with van der Waals surface area (Å²) in [5.41, 5.74) is 14.0. The van der Waals surface area contributed by atoms with Gasteiger partial charge in [0.05, 0.1) is 10.8 Å². The minimum Gasteiger partial charge on any atom is -0.449 e. The standard InChI is InChI=1S/C55H60N3O/c1-37-24-13-16-27-43(37)54(9,48-31-19-21-33-56(48)11)52(5,6)45-29-23-35-58(40(45)4)50-39(3)46(36-42-41-26-15-18-30-47(41)59-51(42)50)53(7,8)55(10,44-28-17-14-25-38(44)2)49-32-20-22-34-57(49)12/h13-36H,1-12H3/q+3. The summed E-state index contributed by atoms with van der Waals surface area (Å²) in [7, 11) is 4.36. The number of aromatic nitrogens is 3. The Bertz CT molecular complexity index is 2800. The summed E-state index contributed by atoms with van der Waals surface area (Å²) in [5, 5.41) is 2.26. The zero-order chi connectivity index (χ0) is 42.1. The fraction of sp³-hybridized carbons (Fsp3) is 0.291. The van der Waals surface area contributed by atoms with Gasteiger partial charge >= 0.3 is 0 Å². The first kappa shape index (κ1) is 39.9. The third-order valence-corrected chi connectivity index (χ3v) is 14.7. The number of hydrogen-bond donors (Lipinski definition) is 0. The summed E-state index contributed by atoms with van der Waals surface area (Å²) < 4.78 is 14.0. The van der Waals surface area contributed by atoms with Crippen LogP contribution in [-0.4, -0.2) is 0 Å². The maximum absolute atomic E-state index is 6.97. The lowest BCUT2D eigenvalue weighted by molar-refractivity contribution is -0.683. The van der Waals surface area contributed by atoms with E-state index in [0.29, 0.717) is 0 Å². The van der Waals surface area contributed by atoms with Crippen molar-refractivity contribution in [3.05, 3.63) is 202 Å². The number of pyridine rings is 3. The lowest BCUT2D eigenvalue weighted by atomic mass is 9.56. The zero-order valence-corrected chi connectivity index (χ0v) is 37.1. The van der Waals surface area contributed by atoms with Crippen LogP contribution in [0.4, 0.5) is 0 Å². The van der Waals surface area contributed by atoms with Crippen LogP contribution in [0.15, 0.2) is 150 Å². The highest BCUT2D eigenvalue weighted by atomic mass is 16.3. The molecule has 4 nitrogen and oxygen atoms in total. The van der Waals surface area contributed by atoms with E-state index in [2.05, 4.69) is 243 Å². The molecular weight excluding hydrogens is 719 g/mol. The van der Waals surface area contributed by atoms with Gasteiger partial charge in [-0.1, -0.05) is 107 Å². The molecule has 2 atom stereocenters. The molecule has 0 saturated carbocycles. The van der Waals surface area contributed by atoms with Gasteiger partial charge < -0.3 is 4.42 Å². The third-order valence-electron chi connectivity index (χ3n) is 14.7. The van der Waals surface area contributed by atoms with E-state index in [1.54, 1.807) is 0 Å². The smallest absolute Gasteiger partial charge is 0.257 e. The van der Waals surface area contributed by atoms with Crippen molar-refractivity contribution in [1.82, 2.24) is 0 Å². The number of nitrogens with zero attached hydrogens (tertiary/aromatic N) is 3. The van der Waals surface area contributed by atoms with E-state index < -0.39 is 16.2 Å². The van der Waals surface area contributed by atoms with Gasteiger partial charge in [-0.15, -0.1) is 0 Å². The highest BCUT2D eigenvalue weighted by Crippen LogP contribution is 2.52. The predicted octanol–water partition coefficient (Wildman–Crippen LogP) is 11.3. The minimum atomic E-state index is -0.423. The van der Waals surface area contributed by atoms with Crippen LogP contribution >= 0.6 is 0 Å². The molecule has 2 unspecified atom stereocenters. The Hall–Kier alpha value is -5.87. The molecule has 4 heteroatoms. The minimum absolute atomic E-state index is 0.367. The molecule has 0 fully saturated rings. The Labute approximate surface area is 351 Å². The summed E-state index contributed by atoms with van der Waals surface area (Å²) in [5.74, 6) is 0. The third kappa shape index (κ3) is 5.89. The number of rotatable bonds is 9. The van der Waals surface area contributed by atoms with E-state index in [0.717, 1.165) is 27.6 Å². The molecule has 8 rings (SSSR count). The molecule has 0 aliphatic carbocycles. The van der Waals surface area contributed by atoms with Gasteiger partial charge in [-0.25, -0.2) is 9.13 Å². The molecule has 0 amide bonds. The van der Waals surface area contributed by atoms with Crippen molar-refractivity contribution in [2.75, 3.05) is 0 Å². The molecule has 0 aliphatic heterocycles. The molecule has 0 bridgehead atoms. The Kier molecular flexibility index (Phi) is 9.78. The summed E-state index contributed by atoms with van der Waals surface area (Å²) >= 11 is 0.